The van der Waals surface area contributed by atoms with Gasteiger partial charge in [0.05, 0.1) is 10.6 Å². The highest BCUT2D eigenvalue weighted by Gasteiger charge is 2.36. The molecule has 2 fully saturated rings. The van der Waals surface area contributed by atoms with Crippen LogP contribution in [-0.4, -0.2) is 48.4 Å². The SMILES string of the molecule is CN1CCCC2CN(C(=O)c3cc(S)ccc3Cl)CCC21. The van der Waals surface area contributed by atoms with Crippen LogP contribution in [0.1, 0.15) is 29.6 Å². The average Bonchev–Trinajstić information content (AvgIpc) is 2.49. The van der Waals surface area contributed by atoms with E-state index in [1.54, 1.807) is 12.1 Å². The Morgan fingerprint density at radius 3 is 2.95 bits per heavy atom. The zero-order chi connectivity index (χ0) is 15.0. The Kier molecular flexibility index (Phi) is 4.48. The van der Waals surface area contributed by atoms with Crippen LogP contribution in [0.5, 0.6) is 0 Å². The summed E-state index contributed by atoms with van der Waals surface area (Å²) in [6, 6.07) is 5.96. The van der Waals surface area contributed by atoms with Crippen LogP contribution in [0.25, 0.3) is 0 Å². The Morgan fingerprint density at radius 1 is 1.33 bits per heavy atom. The molecule has 3 nitrogen and oxygen atoms in total. The standard InChI is InChI=1S/C16H21ClN2OS/c1-18-7-2-3-11-10-19(8-6-15(11)18)16(20)13-9-12(21)4-5-14(13)17/h4-5,9,11,15,21H,2-3,6-8,10H2,1H3. The number of nitrogens with zero attached hydrogens (tertiary/aromatic N) is 2. The molecule has 5 heteroatoms. The van der Waals surface area contributed by atoms with E-state index in [0.717, 1.165) is 24.4 Å². The third-order valence-electron chi connectivity index (χ3n) is 4.81. The third kappa shape index (κ3) is 3.08. The van der Waals surface area contributed by atoms with Crippen molar-refractivity contribution in [1.29, 1.82) is 0 Å². The molecule has 1 aromatic rings. The van der Waals surface area contributed by atoms with Crippen molar-refractivity contribution < 1.29 is 4.79 Å². The largest absolute Gasteiger partial charge is 0.338 e. The molecule has 0 aliphatic carbocycles. The molecule has 2 saturated heterocycles. The van der Waals surface area contributed by atoms with Crippen LogP contribution in [0.3, 0.4) is 0 Å². The first-order valence-corrected chi connectivity index (χ1v) is 8.37. The van der Waals surface area contributed by atoms with E-state index in [0.29, 0.717) is 22.5 Å². The number of rotatable bonds is 1. The number of fused-ring (bicyclic) bond motifs is 1. The molecule has 0 aromatic heterocycles. The Balaban J connectivity index is 1.76. The summed E-state index contributed by atoms with van der Waals surface area (Å²) in [6.45, 7) is 2.85. The highest BCUT2D eigenvalue weighted by molar-refractivity contribution is 7.80. The van der Waals surface area contributed by atoms with Crippen LogP contribution < -0.4 is 0 Å². The summed E-state index contributed by atoms with van der Waals surface area (Å²) < 4.78 is 0. The smallest absolute Gasteiger partial charge is 0.255 e. The van der Waals surface area contributed by atoms with Crippen LogP contribution in [-0.2, 0) is 0 Å². The second-order valence-corrected chi connectivity index (χ2v) is 7.08. The fourth-order valence-corrected chi connectivity index (χ4v) is 4.09. The van der Waals surface area contributed by atoms with Crippen molar-refractivity contribution in [3.05, 3.63) is 28.8 Å². The number of thiol groups is 1. The lowest BCUT2D eigenvalue weighted by Gasteiger charge is -2.46. The van der Waals surface area contributed by atoms with Crippen LogP contribution in [0.4, 0.5) is 0 Å². The van der Waals surface area contributed by atoms with Gasteiger partial charge in [-0.2, -0.15) is 0 Å². The van der Waals surface area contributed by atoms with E-state index in [1.807, 2.05) is 11.0 Å². The molecule has 2 atom stereocenters. The summed E-state index contributed by atoms with van der Waals surface area (Å²) in [4.78, 5) is 17.9. The molecular formula is C16H21ClN2OS. The predicted molar refractivity (Wildman–Crippen MR) is 88.4 cm³/mol. The van der Waals surface area contributed by atoms with Crippen molar-refractivity contribution >= 4 is 30.1 Å². The second kappa shape index (κ2) is 6.19. The molecule has 0 radical (unpaired) electrons. The predicted octanol–water partition coefficient (Wildman–Crippen LogP) is 3.19. The Bertz CT molecular complexity index is 551. The van der Waals surface area contributed by atoms with Crippen LogP contribution in [0.15, 0.2) is 23.1 Å². The van der Waals surface area contributed by atoms with Crippen molar-refractivity contribution in [3.63, 3.8) is 0 Å². The molecule has 1 aromatic carbocycles. The van der Waals surface area contributed by atoms with Gasteiger partial charge in [-0.15, -0.1) is 12.6 Å². The maximum Gasteiger partial charge on any atom is 0.255 e. The number of benzene rings is 1. The molecular weight excluding hydrogens is 304 g/mol. The van der Waals surface area contributed by atoms with E-state index in [2.05, 4.69) is 24.6 Å². The quantitative estimate of drug-likeness (QED) is 0.802. The Labute approximate surface area is 136 Å². The van der Waals surface area contributed by atoms with Gasteiger partial charge in [-0.05, 0) is 57.0 Å². The highest BCUT2D eigenvalue weighted by atomic mass is 35.5. The van der Waals surface area contributed by atoms with Gasteiger partial charge in [0.25, 0.3) is 5.91 Å². The Hall–Kier alpha value is -0.710. The number of amides is 1. The summed E-state index contributed by atoms with van der Waals surface area (Å²) in [6.07, 6.45) is 3.51. The van der Waals surface area contributed by atoms with E-state index < -0.39 is 0 Å². The second-order valence-electron chi connectivity index (χ2n) is 6.15. The van der Waals surface area contributed by atoms with E-state index in [9.17, 15) is 4.79 Å². The summed E-state index contributed by atoms with van der Waals surface area (Å²) in [7, 11) is 2.20. The van der Waals surface area contributed by atoms with Gasteiger partial charge in [0.15, 0.2) is 0 Å². The molecule has 0 N–H and O–H groups in total. The molecule has 114 valence electrons. The van der Waals surface area contributed by atoms with Crippen LogP contribution in [0.2, 0.25) is 5.02 Å². The summed E-state index contributed by atoms with van der Waals surface area (Å²) >= 11 is 10.5. The average molecular weight is 325 g/mol. The number of carbonyl (C=O) groups is 1. The molecule has 0 bridgehead atoms. The molecule has 3 rings (SSSR count). The molecule has 0 spiro atoms. The molecule has 2 unspecified atom stereocenters. The Morgan fingerprint density at radius 2 is 2.14 bits per heavy atom. The highest BCUT2D eigenvalue weighted by Crippen LogP contribution is 2.31. The van der Waals surface area contributed by atoms with Gasteiger partial charge in [-0.3, -0.25) is 4.79 Å². The number of carbonyl (C=O) groups excluding carboxylic acids is 1. The van der Waals surface area contributed by atoms with E-state index in [4.69, 9.17) is 11.6 Å². The molecule has 2 heterocycles. The molecule has 21 heavy (non-hydrogen) atoms. The normalized spacial score (nSPS) is 26.5. The molecule has 0 saturated carbocycles. The number of hydrogen-bond donors (Lipinski definition) is 1. The maximum atomic E-state index is 12.7. The van der Waals surface area contributed by atoms with Gasteiger partial charge in [-0.25, -0.2) is 0 Å². The first-order valence-electron chi connectivity index (χ1n) is 7.54. The van der Waals surface area contributed by atoms with E-state index in [-0.39, 0.29) is 5.91 Å². The maximum absolute atomic E-state index is 12.7. The third-order valence-corrected chi connectivity index (χ3v) is 5.42. The molecule has 2 aliphatic rings. The summed E-state index contributed by atoms with van der Waals surface area (Å²) in [5.74, 6) is 0.641. The lowest BCUT2D eigenvalue weighted by Crippen LogP contribution is -2.53. The van der Waals surface area contributed by atoms with Crippen molar-refractivity contribution in [2.24, 2.45) is 5.92 Å². The zero-order valence-corrected chi connectivity index (χ0v) is 13.9. The van der Waals surface area contributed by atoms with Gasteiger partial charge in [0, 0.05) is 24.0 Å². The first kappa shape index (κ1) is 15.2. The minimum absolute atomic E-state index is 0.0441. The van der Waals surface area contributed by atoms with Crippen molar-refractivity contribution in [3.8, 4) is 0 Å². The number of halogens is 1. The van der Waals surface area contributed by atoms with E-state index in [1.165, 1.54) is 19.4 Å². The summed E-state index contributed by atoms with van der Waals surface area (Å²) in [5, 5.41) is 0.515. The fourth-order valence-electron chi connectivity index (χ4n) is 3.68. The molecule has 2 aliphatic heterocycles. The fraction of sp³-hybridized carbons (Fsp3) is 0.562. The topological polar surface area (TPSA) is 23.6 Å². The number of piperidine rings is 2. The van der Waals surface area contributed by atoms with Crippen molar-refractivity contribution in [2.45, 2.75) is 30.2 Å². The van der Waals surface area contributed by atoms with Gasteiger partial charge < -0.3 is 9.80 Å². The molecule has 1 amide bonds. The number of likely N-dealkylation sites (tertiary alicyclic amines) is 2. The van der Waals surface area contributed by atoms with E-state index >= 15 is 0 Å². The monoisotopic (exact) mass is 324 g/mol. The van der Waals surface area contributed by atoms with Crippen molar-refractivity contribution in [2.75, 3.05) is 26.7 Å². The lowest BCUT2D eigenvalue weighted by atomic mass is 9.84. The lowest BCUT2D eigenvalue weighted by molar-refractivity contribution is 0.0317. The number of hydrogen-bond acceptors (Lipinski definition) is 3. The minimum atomic E-state index is 0.0441. The van der Waals surface area contributed by atoms with Gasteiger partial charge >= 0.3 is 0 Å². The van der Waals surface area contributed by atoms with Crippen LogP contribution in [0, 0.1) is 5.92 Å². The zero-order valence-electron chi connectivity index (χ0n) is 12.3. The summed E-state index contributed by atoms with van der Waals surface area (Å²) in [5.41, 5.74) is 0.576. The van der Waals surface area contributed by atoms with Crippen LogP contribution >= 0.6 is 24.2 Å². The van der Waals surface area contributed by atoms with Crippen molar-refractivity contribution in [1.82, 2.24) is 9.80 Å². The van der Waals surface area contributed by atoms with Gasteiger partial charge in [0.1, 0.15) is 0 Å². The first-order chi connectivity index (χ1) is 10.1. The minimum Gasteiger partial charge on any atom is -0.338 e. The van der Waals surface area contributed by atoms with Gasteiger partial charge in [-0.1, -0.05) is 11.6 Å². The van der Waals surface area contributed by atoms with Gasteiger partial charge in [0.2, 0.25) is 0 Å².